The number of likely N-dealkylation sites (tertiary alicyclic amines) is 1. The van der Waals surface area contributed by atoms with Crippen molar-refractivity contribution in [1.29, 1.82) is 0 Å². The number of pyridine rings is 1. The van der Waals surface area contributed by atoms with Crippen LogP contribution in [0.15, 0.2) is 65.6 Å². The Labute approximate surface area is 312 Å². The zero-order valence-electron chi connectivity index (χ0n) is 31.9. The number of fused-ring (bicyclic) bond motifs is 1. The quantitative estimate of drug-likeness (QED) is 0.0710. The maximum atomic E-state index is 14.2. The zero-order chi connectivity index (χ0) is 37.8. The van der Waals surface area contributed by atoms with Crippen molar-refractivity contribution in [2.45, 2.75) is 85.5 Å². The van der Waals surface area contributed by atoms with E-state index in [2.05, 4.69) is 6.92 Å². The third-order valence-corrected chi connectivity index (χ3v) is 10.2. The molecule has 1 saturated heterocycles. The highest BCUT2D eigenvalue weighted by Crippen LogP contribution is 2.30. The lowest BCUT2D eigenvalue weighted by molar-refractivity contribution is -0.932. The van der Waals surface area contributed by atoms with Gasteiger partial charge in [0.15, 0.2) is 0 Å². The molecular formula is C43H56F2N3O5+. The molecule has 0 unspecified atom stereocenters. The summed E-state index contributed by atoms with van der Waals surface area (Å²) in [7, 11) is 0. The number of hydrogen-bond donors (Lipinski definition) is 0. The van der Waals surface area contributed by atoms with Gasteiger partial charge in [0.1, 0.15) is 34.4 Å². The number of ether oxygens (including phenoxy) is 3. The van der Waals surface area contributed by atoms with E-state index in [1.54, 1.807) is 29.7 Å². The first kappa shape index (κ1) is 39.8. The molecule has 0 bridgehead atoms. The van der Waals surface area contributed by atoms with Crippen molar-refractivity contribution in [1.82, 2.24) is 4.57 Å². The lowest BCUT2D eigenvalue weighted by Crippen LogP contribution is -2.52. The van der Waals surface area contributed by atoms with Crippen LogP contribution in [-0.2, 0) is 0 Å². The maximum absolute atomic E-state index is 14.2. The molecule has 286 valence electrons. The topological polar surface area (TPSA) is 70.0 Å². The number of benzene rings is 3. The van der Waals surface area contributed by atoms with Crippen molar-refractivity contribution in [2.24, 2.45) is 0 Å². The largest absolute Gasteiger partial charge is 0.494 e. The number of carbonyl (C=O) groups is 1. The molecule has 1 fully saturated rings. The molecule has 53 heavy (non-hydrogen) atoms. The van der Waals surface area contributed by atoms with Crippen LogP contribution in [0.5, 0.6) is 17.2 Å². The Kier molecular flexibility index (Phi) is 14.3. The molecule has 0 atom stereocenters. The first-order chi connectivity index (χ1) is 25.7. The molecule has 1 amide bonds. The summed E-state index contributed by atoms with van der Waals surface area (Å²) in [5.41, 5.74) is 0.498. The molecule has 10 heteroatoms. The van der Waals surface area contributed by atoms with E-state index < -0.39 is 23.0 Å². The van der Waals surface area contributed by atoms with E-state index in [1.165, 1.54) is 86.7 Å². The third kappa shape index (κ3) is 10.2. The average molecular weight is 733 g/mol. The first-order valence-electron chi connectivity index (χ1n) is 19.6. The standard InChI is InChI=1S/C43H56F2N3O5/c1-5-19-48(21-14-12-15-22-48)20-13-10-9-11-16-23-53-36-17-18-39-41(30-36)47(35-27-37(51-7-3)29-38(28-35)52-8-4)31-40(42(39)49)43(50)46(6-2)34-25-32(44)24-33(45)26-34/h17-18,24-31H,5-16,19-23H2,1-4H3/q+1. The second kappa shape index (κ2) is 19.1. The molecule has 3 aromatic carbocycles. The molecule has 2 heterocycles. The second-order valence-electron chi connectivity index (χ2n) is 14.0. The van der Waals surface area contributed by atoms with Gasteiger partial charge in [-0.3, -0.25) is 9.59 Å². The van der Waals surface area contributed by atoms with E-state index in [0.717, 1.165) is 31.0 Å². The number of halogens is 2. The molecule has 0 N–H and O–H groups in total. The van der Waals surface area contributed by atoms with E-state index in [4.69, 9.17) is 14.2 Å². The van der Waals surface area contributed by atoms with Crippen molar-refractivity contribution in [3.05, 3.63) is 88.2 Å². The number of anilines is 1. The molecule has 4 aromatic rings. The molecule has 0 saturated carbocycles. The van der Waals surface area contributed by atoms with E-state index in [9.17, 15) is 18.4 Å². The first-order valence-corrected chi connectivity index (χ1v) is 19.6. The Morgan fingerprint density at radius 3 is 2.06 bits per heavy atom. The van der Waals surface area contributed by atoms with E-state index in [-0.39, 0.29) is 17.8 Å². The van der Waals surface area contributed by atoms with Gasteiger partial charge in [0.05, 0.1) is 57.2 Å². The summed E-state index contributed by atoms with van der Waals surface area (Å²) in [6.45, 7) is 14.5. The zero-order valence-corrected chi connectivity index (χ0v) is 31.9. The predicted octanol–water partition coefficient (Wildman–Crippen LogP) is 9.47. The molecule has 1 aliphatic heterocycles. The van der Waals surface area contributed by atoms with Crippen LogP contribution in [0.25, 0.3) is 16.6 Å². The molecule has 1 aromatic heterocycles. The third-order valence-electron chi connectivity index (χ3n) is 10.2. The van der Waals surface area contributed by atoms with Gasteiger partial charge in [-0.25, -0.2) is 8.78 Å². The smallest absolute Gasteiger partial charge is 0.263 e. The highest BCUT2D eigenvalue weighted by Gasteiger charge is 2.28. The number of carbonyl (C=O) groups excluding carboxylic acids is 1. The van der Waals surface area contributed by atoms with Crippen molar-refractivity contribution in [3.63, 3.8) is 0 Å². The van der Waals surface area contributed by atoms with E-state index in [0.29, 0.717) is 53.7 Å². The van der Waals surface area contributed by atoms with Gasteiger partial charge >= 0.3 is 0 Å². The summed E-state index contributed by atoms with van der Waals surface area (Å²) in [6, 6.07) is 13.5. The summed E-state index contributed by atoms with van der Waals surface area (Å²) in [6.07, 6.45) is 12.6. The summed E-state index contributed by atoms with van der Waals surface area (Å²) >= 11 is 0. The number of amides is 1. The Bertz CT molecular complexity index is 1840. The van der Waals surface area contributed by atoms with Crippen LogP contribution in [0.1, 0.15) is 95.8 Å². The second-order valence-corrected chi connectivity index (χ2v) is 14.0. The van der Waals surface area contributed by atoms with Crippen LogP contribution in [0.4, 0.5) is 14.5 Å². The lowest BCUT2D eigenvalue weighted by Gasteiger charge is -2.41. The van der Waals surface area contributed by atoms with Crippen LogP contribution in [0.3, 0.4) is 0 Å². The summed E-state index contributed by atoms with van der Waals surface area (Å²) in [4.78, 5) is 29.3. The Hall–Kier alpha value is -4.44. The summed E-state index contributed by atoms with van der Waals surface area (Å²) in [5, 5.41) is 0.293. The summed E-state index contributed by atoms with van der Waals surface area (Å²) in [5.74, 6) is -0.589. The van der Waals surface area contributed by atoms with Crippen molar-refractivity contribution >= 4 is 22.5 Å². The lowest BCUT2D eigenvalue weighted by atomic mass is 10.0. The molecule has 0 radical (unpaired) electrons. The predicted molar refractivity (Wildman–Crippen MR) is 208 cm³/mol. The number of nitrogens with zero attached hydrogens (tertiary/aromatic N) is 3. The number of unbranched alkanes of at least 4 members (excludes halogenated alkanes) is 4. The number of rotatable bonds is 19. The van der Waals surface area contributed by atoms with Crippen molar-refractivity contribution < 1.29 is 32.3 Å². The molecule has 5 rings (SSSR count). The van der Waals surface area contributed by atoms with Gasteiger partial charge in [-0.2, -0.15) is 0 Å². The van der Waals surface area contributed by atoms with Crippen LogP contribution in [0, 0.1) is 11.6 Å². The fourth-order valence-corrected chi connectivity index (χ4v) is 7.73. The minimum Gasteiger partial charge on any atom is -0.494 e. The monoisotopic (exact) mass is 732 g/mol. The van der Waals surface area contributed by atoms with Gasteiger partial charge in [-0.15, -0.1) is 0 Å². The fourth-order valence-electron chi connectivity index (χ4n) is 7.73. The minimum atomic E-state index is -0.819. The van der Waals surface area contributed by atoms with Crippen LogP contribution in [0.2, 0.25) is 0 Å². The molecular weight excluding hydrogens is 676 g/mol. The van der Waals surface area contributed by atoms with Crippen LogP contribution < -0.4 is 24.5 Å². The Balaban J connectivity index is 1.38. The number of hydrogen-bond acceptors (Lipinski definition) is 5. The van der Waals surface area contributed by atoms with E-state index >= 15 is 0 Å². The average Bonchev–Trinajstić information content (AvgIpc) is 3.13. The number of piperidine rings is 1. The van der Waals surface area contributed by atoms with Gasteiger partial charge in [0, 0.05) is 54.1 Å². The van der Waals surface area contributed by atoms with Gasteiger partial charge in [-0.05, 0) is 90.0 Å². The van der Waals surface area contributed by atoms with E-state index in [1.807, 2.05) is 32.0 Å². The highest BCUT2D eigenvalue weighted by molar-refractivity contribution is 6.07. The Morgan fingerprint density at radius 2 is 1.42 bits per heavy atom. The number of quaternary nitrogens is 1. The van der Waals surface area contributed by atoms with Gasteiger partial charge in [0.2, 0.25) is 5.43 Å². The van der Waals surface area contributed by atoms with Gasteiger partial charge in [-0.1, -0.05) is 19.8 Å². The van der Waals surface area contributed by atoms with Crippen LogP contribution in [-0.4, -0.2) is 67.5 Å². The van der Waals surface area contributed by atoms with Gasteiger partial charge < -0.3 is 28.2 Å². The summed E-state index contributed by atoms with van der Waals surface area (Å²) < 4.78 is 49.4. The molecule has 0 aliphatic carbocycles. The van der Waals surface area contributed by atoms with Crippen molar-refractivity contribution in [2.75, 3.05) is 57.4 Å². The minimum absolute atomic E-state index is 0.0190. The van der Waals surface area contributed by atoms with Gasteiger partial charge in [0.25, 0.3) is 5.91 Å². The maximum Gasteiger partial charge on any atom is 0.263 e. The van der Waals surface area contributed by atoms with Crippen molar-refractivity contribution in [3.8, 4) is 22.9 Å². The molecule has 1 aliphatic rings. The number of aromatic nitrogens is 1. The Morgan fingerprint density at radius 1 is 0.755 bits per heavy atom. The fraction of sp³-hybridized carbons (Fsp3) is 0.488. The molecule has 8 nitrogen and oxygen atoms in total. The highest BCUT2D eigenvalue weighted by atomic mass is 19.1. The normalized spacial score (nSPS) is 13.9. The SMILES string of the molecule is CCC[N+]1(CCCCCCCOc2ccc3c(=O)c(C(=O)N(CC)c4cc(F)cc(F)c4)cn(-c4cc(OCC)cc(OCC)c4)c3c2)CCCCC1. The molecule has 0 spiro atoms. The van der Waals surface area contributed by atoms with Crippen LogP contribution >= 0.6 is 0 Å².